The maximum Gasteiger partial charge on any atom is 0.305 e. The van der Waals surface area contributed by atoms with Gasteiger partial charge >= 0.3 is 5.69 Å². The highest BCUT2D eigenvalue weighted by molar-refractivity contribution is 6.28. The van der Waals surface area contributed by atoms with Crippen molar-refractivity contribution in [1.82, 2.24) is 9.97 Å². The van der Waals surface area contributed by atoms with Crippen LogP contribution in [0.2, 0.25) is 5.28 Å². The number of rotatable bonds is 3. The van der Waals surface area contributed by atoms with E-state index in [9.17, 15) is 19.3 Å². The predicted molar refractivity (Wildman–Crippen MR) is 68.0 cm³/mol. The summed E-state index contributed by atoms with van der Waals surface area (Å²) < 4.78 is 13.2. The third-order valence-electron chi connectivity index (χ3n) is 2.27. The fourth-order valence-corrected chi connectivity index (χ4v) is 1.53. The van der Waals surface area contributed by atoms with Crippen LogP contribution in [0, 0.1) is 15.9 Å². The van der Waals surface area contributed by atoms with Crippen LogP contribution in [0.25, 0.3) is 0 Å². The van der Waals surface area contributed by atoms with Gasteiger partial charge in [0.2, 0.25) is 11.1 Å². The second kappa shape index (κ2) is 5.57. The van der Waals surface area contributed by atoms with E-state index in [4.69, 9.17) is 11.6 Å². The minimum atomic E-state index is -1.02. The van der Waals surface area contributed by atoms with E-state index in [0.29, 0.717) is 0 Å². The fourth-order valence-electron chi connectivity index (χ4n) is 1.39. The van der Waals surface area contributed by atoms with Gasteiger partial charge in [-0.15, -0.1) is 0 Å². The Morgan fingerprint density at radius 2 is 2.15 bits per heavy atom. The molecule has 0 saturated carbocycles. The molecule has 0 atom stereocenters. The van der Waals surface area contributed by atoms with Gasteiger partial charge in [-0.1, -0.05) is 0 Å². The topological polar surface area (TPSA) is 98.0 Å². The number of carbonyl (C=O) groups excluding carboxylic acids is 1. The zero-order chi connectivity index (χ0) is 14.7. The molecular formula is C11H6ClFN4O3. The minimum absolute atomic E-state index is 0.0621. The quantitative estimate of drug-likeness (QED) is 0.533. The van der Waals surface area contributed by atoms with Crippen LogP contribution in [0.15, 0.2) is 30.5 Å². The number of nitrogens with one attached hydrogen (secondary N) is 1. The average molecular weight is 297 g/mol. The van der Waals surface area contributed by atoms with E-state index in [-0.39, 0.29) is 16.7 Å². The number of hydrogen-bond acceptors (Lipinski definition) is 5. The van der Waals surface area contributed by atoms with E-state index >= 15 is 0 Å². The highest BCUT2D eigenvalue weighted by Crippen LogP contribution is 2.19. The molecule has 2 rings (SSSR count). The number of halogens is 2. The number of carbonyl (C=O) groups is 1. The normalized spacial score (nSPS) is 10.1. The van der Waals surface area contributed by atoms with Gasteiger partial charge in [0.25, 0.3) is 5.91 Å². The standard InChI is InChI=1S/C11H6ClFN4O3/c12-11-14-4-3-9(16-11)15-10(18)6-1-2-7(13)8(5-6)17(19)20/h1-5H,(H,14,15,16,18). The number of amides is 1. The van der Waals surface area contributed by atoms with Crippen molar-refractivity contribution in [3.8, 4) is 0 Å². The molecule has 1 aromatic heterocycles. The first-order valence-electron chi connectivity index (χ1n) is 5.21. The van der Waals surface area contributed by atoms with Gasteiger partial charge in [0.05, 0.1) is 4.92 Å². The van der Waals surface area contributed by atoms with Crippen molar-refractivity contribution in [3.05, 3.63) is 57.2 Å². The first-order chi connectivity index (χ1) is 9.47. The lowest BCUT2D eigenvalue weighted by Crippen LogP contribution is -2.13. The lowest BCUT2D eigenvalue weighted by atomic mass is 10.2. The number of hydrogen-bond donors (Lipinski definition) is 1. The molecule has 0 bridgehead atoms. The third-order valence-corrected chi connectivity index (χ3v) is 2.45. The molecule has 0 fully saturated rings. The first kappa shape index (κ1) is 13.8. The highest BCUT2D eigenvalue weighted by Gasteiger charge is 2.17. The Balaban J connectivity index is 2.26. The van der Waals surface area contributed by atoms with Gasteiger partial charge in [-0.25, -0.2) is 9.97 Å². The molecular weight excluding hydrogens is 291 g/mol. The van der Waals surface area contributed by atoms with E-state index in [1.807, 2.05) is 0 Å². The molecule has 0 aliphatic heterocycles. The molecule has 2 aromatic rings. The molecule has 1 aromatic carbocycles. The van der Waals surface area contributed by atoms with Gasteiger partial charge in [0.1, 0.15) is 5.82 Å². The van der Waals surface area contributed by atoms with E-state index in [1.165, 1.54) is 12.3 Å². The Bertz CT molecular complexity index is 695. The minimum Gasteiger partial charge on any atom is -0.306 e. The van der Waals surface area contributed by atoms with Crippen molar-refractivity contribution >= 4 is 29.0 Å². The third kappa shape index (κ3) is 3.04. The summed E-state index contributed by atoms with van der Waals surface area (Å²) in [5, 5.41) is 12.9. The maximum atomic E-state index is 13.2. The zero-order valence-electron chi connectivity index (χ0n) is 9.71. The van der Waals surface area contributed by atoms with Gasteiger partial charge in [0, 0.05) is 17.8 Å². The Morgan fingerprint density at radius 1 is 1.40 bits per heavy atom. The first-order valence-corrected chi connectivity index (χ1v) is 5.59. The number of nitro benzene ring substituents is 1. The van der Waals surface area contributed by atoms with Crippen LogP contribution in [-0.2, 0) is 0 Å². The van der Waals surface area contributed by atoms with Crippen LogP contribution in [-0.4, -0.2) is 20.8 Å². The number of benzene rings is 1. The Morgan fingerprint density at radius 3 is 2.80 bits per heavy atom. The van der Waals surface area contributed by atoms with Crippen molar-refractivity contribution in [3.63, 3.8) is 0 Å². The lowest BCUT2D eigenvalue weighted by Gasteiger charge is -2.04. The molecule has 0 spiro atoms. The number of anilines is 1. The molecule has 102 valence electrons. The van der Waals surface area contributed by atoms with E-state index in [0.717, 1.165) is 18.2 Å². The van der Waals surface area contributed by atoms with E-state index in [1.54, 1.807) is 0 Å². The Hall–Kier alpha value is -2.61. The molecule has 1 amide bonds. The monoisotopic (exact) mass is 296 g/mol. The largest absolute Gasteiger partial charge is 0.306 e. The van der Waals surface area contributed by atoms with Crippen LogP contribution < -0.4 is 5.32 Å². The van der Waals surface area contributed by atoms with Gasteiger partial charge in [0.15, 0.2) is 0 Å². The van der Waals surface area contributed by atoms with Gasteiger partial charge in [-0.2, -0.15) is 4.39 Å². The van der Waals surface area contributed by atoms with Crippen LogP contribution in [0.1, 0.15) is 10.4 Å². The molecule has 7 nitrogen and oxygen atoms in total. The molecule has 0 unspecified atom stereocenters. The van der Waals surface area contributed by atoms with Crippen LogP contribution in [0.4, 0.5) is 15.9 Å². The molecule has 0 aliphatic rings. The molecule has 0 radical (unpaired) electrons. The summed E-state index contributed by atoms with van der Waals surface area (Å²) in [6.45, 7) is 0. The van der Waals surface area contributed by atoms with Crippen molar-refractivity contribution in [2.24, 2.45) is 0 Å². The number of aromatic nitrogens is 2. The summed E-state index contributed by atoms with van der Waals surface area (Å²) >= 11 is 5.55. The average Bonchev–Trinajstić information content (AvgIpc) is 2.38. The van der Waals surface area contributed by atoms with Gasteiger partial charge in [-0.05, 0) is 29.8 Å². The summed E-state index contributed by atoms with van der Waals surface area (Å²) in [7, 11) is 0. The molecule has 20 heavy (non-hydrogen) atoms. The van der Waals surface area contributed by atoms with Crippen molar-refractivity contribution < 1.29 is 14.1 Å². The van der Waals surface area contributed by atoms with Crippen molar-refractivity contribution in [2.45, 2.75) is 0 Å². The lowest BCUT2D eigenvalue weighted by molar-refractivity contribution is -0.387. The summed E-state index contributed by atoms with van der Waals surface area (Å²) in [4.78, 5) is 28.9. The zero-order valence-corrected chi connectivity index (χ0v) is 10.5. The summed E-state index contributed by atoms with van der Waals surface area (Å²) in [6.07, 6.45) is 1.33. The predicted octanol–water partition coefficient (Wildman–Crippen LogP) is 2.43. The van der Waals surface area contributed by atoms with Crippen molar-refractivity contribution in [2.75, 3.05) is 5.32 Å². The van der Waals surface area contributed by atoms with Gasteiger partial charge in [-0.3, -0.25) is 14.9 Å². The Labute approximate surface area is 116 Å². The molecule has 0 saturated heterocycles. The van der Waals surface area contributed by atoms with Crippen LogP contribution >= 0.6 is 11.6 Å². The van der Waals surface area contributed by atoms with Gasteiger partial charge < -0.3 is 5.32 Å². The summed E-state index contributed by atoms with van der Waals surface area (Å²) in [5.41, 5.74) is -0.855. The second-order valence-corrected chi connectivity index (χ2v) is 3.93. The van der Waals surface area contributed by atoms with E-state index < -0.39 is 22.3 Å². The smallest absolute Gasteiger partial charge is 0.305 e. The number of nitro groups is 1. The van der Waals surface area contributed by atoms with Crippen LogP contribution in [0.5, 0.6) is 0 Å². The second-order valence-electron chi connectivity index (χ2n) is 3.59. The molecule has 9 heteroatoms. The molecule has 1 heterocycles. The SMILES string of the molecule is O=C(Nc1ccnc(Cl)n1)c1ccc(F)c([N+](=O)[O-])c1. The summed E-state index contributed by atoms with van der Waals surface area (Å²) in [6, 6.07) is 4.20. The Kier molecular flexibility index (Phi) is 3.85. The van der Waals surface area contributed by atoms with Crippen molar-refractivity contribution in [1.29, 1.82) is 0 Å². The maximum absolute atomic E-state index is 13.2. The highest BCUT2D eigenvalue weighted by atomic mass is 35.5. The molecule has 1 N–H and O–H groups in total. The van der Waals surface area contributed by atoms with Crippen LogP contribution in [0.3, 0.4) is 0 Å². The molecule has 0 aliphatic carbocycles. The fraction of sp³-hybridized carbons (Fsp3) is 0. The summed E-state index contributed by atoms with van der Waals surface area (Å²) in [5.74, 6) is -1.57. The van der Waals surface area contributed by atoms with E-state index in [2.05, 4.69) is 15.3 Å². The number of nitrogens with zero attached hydrogens (tertiary/aromatic N) is 3.